The highest BCUT2D eigenvalue weighted by Gasteiger charge is 2.21. The van der Waals surface area contributed by atoms with E-state index in [1.165, 1.54) is 0 Å². The van der Waals surface area contributed by atoms with Gasteiger partial charge in [-0.05, 0) is 5.56 Å². The van der Waals surface area contributed by atoms with Crippen LogP contribution in [0.4, 0.5) is 0 Å². The first-order chi connectivity index (χ1) is 11.8. The van der Waals surface area contributed by atoms with Crippen LogP contribution in [0.2, 0.25) is 0 Å². The number of amides is 1. The molecule has 1 heterocycles. The van der Waals surface area contributed by atoms with Gasteiger partial charge in [-0.25, -0.2) is 4.68 Å². The third kappa shape index (κ3) is 3.49. The average Bonchev–Trinajstić information content (AvgIpc) is 3.05. The molecule has 6 heteroatoms. The van der Waals surface area contributed by atoms with E-state index in [2.05, 4.69) is 15.6 Å². The zero-order chi connectivity index (χ0) is 16.8. The number of aliphatic hydroxyl groups is 1. The van der Waals surface area contributed by atoms with Crippen molar-refractivity contribution in [2.45, 2.75) is 6.54 Å². The number of hydrogen-bond donors (Lipinski definition) is 2. The van der Waals surface area contributed by atoms with Crippen molar-refractivity contribution >= 4 is 5.91 Å². The molecule has 0 atom stereocenters. The Morgan fingerprint density at radius 3 is 2.38 bits per heavy atom. The van der Waals surface area contributed by atoms with Gasteiger partial charge in [0.25, 0.3) is 5.91 Å². The van der Waals surface area contributed by atoms with Gasteiger partial charge in [0.15, 0.2) is 5.69 Å². The highest BCUT2D eigenvalue weighted by Crippen LogP contribution is 2.21. The molecular weight excluding hydrogens is 304 g/mol. The number of aromatic nitrogens is 3. The summed E-state index contributed by atoms with van der Waals surface area (Å²) in [4.78, 5) is 12.5. The Hall–Kier alpha value is -2.99. The molecule has 1 amide bonds. The van der Waals surface area contributed by atoms with Gasteiger partial charge >= 0.3 is 0 Å². The van der Waals surface area contributed by atoms with Crippen LogP contribution in [0, 0.1) is 0 Å². The summed E-state index contributed by atoms with van der Waals surface area (Å²) in [5.74, 6) is -0.302. The van der Waals surface area contributed by atoms with Crippen LogP contribution < -0.4 is 5.32 Å². The maximum Gasteiger partial charge on any atom is 0.272 e. The lowest BCUT2D eigenvalue weighted by Crippen LogP contribution is -2.29. The molecule has 0 spiro atoms. The van der Waals surface area contributed by atoms with Gasteiger partial charge in [-0.2, -0.15) is 0 Å². The van der Waals surface area contributed by atoms with Gasteiger partial charge in [-0.15, -0.1) is 5.10 Å². The Kier molecular flexibility index (Phi) is 4.98. The Morgan fingerprint density at radius 1 is 1.04 bits per heavy atom. The minimum atomic E-state index is -0.302. The Labute approximate surface area is 139 Å². The molecule has 2 aromatic carbocycles. The molecule has 0 saturated carbocycles. The second-order valence-electron chi connectivity index (χ2n) is 5.28. The molecular formula is C18H18N4O2. The van der Waals surface area contributed by atoms with Crippen molar-refractivity contribution in [1.29, 1.82) is 0 Å². The highest BCUT2D eigenvalue weighted by molar-refractivity contribution is 5.98. The lowest BCUT2D eigenvalue weighted by molar-refractivity contribution is 0.0935. The van der Waals surface area contributed by atoms with Crippen LogP contribution >= 0.6 is 0 Å². The third-order valence-electron chi connectivity index (χ3n) is 3.57. The number of rotatable bonds is 6. The number of nitrogens with zero attached hydrogens (tertiary/aromatic N) is 3. The predicted octanol–water partition coefficient (Wildman–Crippen LogP) is 1.72. The normalized spacial score (nSPS) is 10.5. The van der Waals surface area contributed by atoms with E-state index < -0.39 is 0 Å². The van der Waals surface area contributed by atoms with Gasteiger partial charge in [0.1, 0.15) is 5.69 Å². The maximum absolute atomic E-state index is 12.5. The van der Waals surface area contributed by atoms with Gasteiger partial charge in [0, 0.05) is 12.1 Å². The van der Waals surface area contributed by atoms with Crippen molar-refractivity contribution in [2.24, 2.45) is 0 Å². The fourth-order valence-corrected chi connectivity index (χ4v) is 2.45. The average molecular weight is 322 g/mol. The molecule has 0 saturated heterocycles. The van der Waals surface area contributed by atoms with Crippen LogP contribution in [0.1, 0.15) is 16.1 Å². The quantitative estimate of drug-likeness (QED) is 0.724. The zero-order valence-electron chi connectivity index (χ0n) is 13.1. The largest absolute Gasteiger partial charge is 0.395 e. The summed E-state index contributed by atoms with van der Waals surface area (Å²) < 4.78 is 1.59. The van der Waals surface area contributed by atoms with E-state index in [-0.39, 0.29) is 19.1 Å². The molecule has 1 aromatic heterocycles. The van der Waals surface area contributed by atoms with E-state index >= 15 is 0 Å². The van der Waals surface area contributed by atoms with E-state index in [1.54, 1.807) is 4.68 Å². The van der Waals surface area contributed by atoms with Crippen LogP contribution in [0.25, 0.3) is 11.3 Å². The van der Waals surface area contributed by atoms with Gasteiger partial charge in [-0.1, -0.05) is 65.9 Å². The standard InChI is InChI=1S/C18H18N4O2/c23-12-11-19-18(24)17-16(15-9-5-2-6-10-15)20-21-22(17)13-14-7-3-1-4-8-14/h1-10,23H,11-13H2,(H,19,24). The fraction of sp³-hybridized carbons (Fsp3) is 0.167. The Morgan fingerprint density at radius 2 is 1.71 bits per heavy atom. The summed E-state index contributed by atoms with van der Waals surface area (Å²) >= 11 is 0. The molecule has 3 rings (SSSR count). The van der Waals surface area contributed by atoms with E-state index in [0.717, 1.165) is 11.1 Å². The van der Waals surface area contributed by atoms with E-state index in [9.17, 15) is 4.79 Å². The molecule has 6 nitrogen and oxygen atoms in total. The second kappa shape index (κ2) is 7.52. The van der Waals surface area contributed by atoms with Crippen molar-refractivity contribution in [3.8, 4) is 11.3 Å². The van der Waals surface area contributed by atoms with E-state index in [0.29, 0.717) is 17.9 Å². The first-order valence-corrected chi connectivity index (χ1v) is 7.71. The Bertz CT molecular complexity index is 800. The van der Waals surface area contributed by atoms with Crippen LogP contribution in [0.3, 0.4) is 0 Å². The Balaban J connectivity index is 1.99. The van der Waals surface area contributed by atoms with Gasteiger partial charge in [0.05, 0.1) is 13.2 Å². The molecule has 0 unspecified atom stereocenters. The predicted molar refractivity (Wildman–Crippen MR) is 90.4 cm³/mol. The number of carbonyl (C=O) groups excluding carboxylic acids is 1. The van der Waals surface area contributed by atoms with Gasteiger partial charge in [-0.3, -0.25) is 4.79 Å². The fourth-order valence-electron chi connectivity index (χ4n) is 2.45. The van der Waals surface area contributed by atoms with Crippen LogP contribution in [0.5, 0.6) is 0 Å². The number of carbonyl (C=O) groups is 1. The van der Waals surface area contributed by atoms with Crippen molar-refractivity contribution in [3.05, 3.63) is 71.9 Å². The summed E-state index contributed by atoms with van der Waals surface area (Å²) in [6, 6.07) is 19.2. The number of hydrogen-bond acceptors (Lipinski definition) is 4. The lowest BCUT2D eigenvalue weighted by Gasteiger charge is -2.08. The van der Waals surface area contributed by atoms with E-state index in [1.807, 2.05) is 60.7 Å². The van der Waals surface area contributed by atoms with Gasteiger partial charge in [0.2, 0.25) is 0 Å². The first kappa shape index (κ1) is 15.9. The zero-order valence-corrected chi connectivity index (χ0v) is 13.1. The highest BCUT2D eigenvalue weighted by atomic mass is 16.3. The smallest absolute Gasteiger partial charge is 0.272 e. The summed E-state index contributed by atoms with van der Waals surface area (Å²) in [5.41, 5.74) is 2.77. The number of nitrogens with one attached hydrogen (secondary N) is 1. The van der Waals surface area contributed by atoms with Crippen LogP contribution in [-0.4, -0.2) is 39.2 Å². The minimum absolute atomic E-state index is 0.118. The van der Waals surface area contributed by atoms with Crippen LogP contribution in [0.15, 0.2) is 60.7 Å². The maximum atomic E-state index is 12.5. The summed E-state index contributed by atoms with van der Waals surface area (Å²) in [6.45, 7) is 0.513. The third-order valence-corrected chi connectivity index (χ3v) is 3.57. The summed E-state index contributed by atoms with van der Waals surface area (Å²) in [6.07, 6.45) is 0. The van der Waals surface area contributed by atoms with Crippen LogP contribution in [-0.2, 0) is 6.54 Å². The van der Waals surface area contributed by atoms with Crippen molar-refractivity contribution in [2.75, 3.05) is 13.2 Å². The summed E-state index contributed by atoms with van der Waals surface area (Å²) in [7, 11) is 0. The molecule has 0 aliphatic carbocycles. The molecule has 24 heavy (non-hydrogen) atoms. The topological polar surface area (TPSA) is 80.0 Å². The van der Waals surface area contributed by atoms with E-state index in [4.69, 9.17) is 5.11 Å². The monoisotopic (exact) mass is 322 g/mol. The molecule has 0 aliphatic rings. The molecule has 0 bridgehead atoms. The molecule has 0 fully saturated rings. The minimum Gasteiger partial charge on any atom is -0.395 e. The molecule has 0 aliphatic heterocycles. The number of aliphatic hydroxyl groups excluding tert-OH is 1. The first-order valence-electron chi connectivity index (χ1n) is 7.71. The van der Waals surface area contributed by atoms with Gasteiger partial charge < -0.3 is 10.4 Å². The molecule has 0 radical (unpaired) electrons. The summed E-state index contributed by atoms with van der Waals surface area (Å²) in [5, 5.41) is 20.0. The SMILES string of the molecule is O=C(NCCO)c1c(-c2ccccc2)nnn1Cc1ccccc1. The number of benzene rings is 2. The van der Waals surface area contributed by atoms with Crippen molar-refractivity contribution in [3.63, 3.8) is 0 Å². The molecule has 2 N–H and O–H groups in total. The molecule has 3 aromatic rings. The van der Waals surface area contributed by atoms with Crippen molar-refractivity contribution < 1.29 is 9.90 Å². The molecule has 122 valence electrons. The van der Waals surface area contributed by atoms with Crippen molar-refractivity contribution in [1.82, 2.24) is 20.3 Å². The second-order valence-corrected chi connectivity index (χ2v) is 5.28. The lowest BCUT2D eigenvalue weighted by atomic mass is 10.1.